The summed E-state index contributed by atoms with van der Waals surface area (Å²) < 4.78 is 0. The molecule has 0 radical (unpaired) electrons. The molecule has 0 saturated carbocycles. The zero-order valence-electron chi connectivity index (χ0n) is 16.3. The van der Waals surface area contributed by atoms with Crippen LogP contribution < -0.4 is 5.32 Å². The van der Waals surface area contributed by atoms with Crippen molar-refractivity contribution in [2.75, 3.05) is 13.1 Å². The summed E-state index contributed by atoms with van der Waals surface area (Å²) >= 11 is 0. The number of carbonyl (C=O) groups excluding carboxylic acids is 1. The molecule has 1 heterocycles. The molecule has 1 aliphatic carbocycles. The second kappa shape index (κ2) is 8.26. The van der Waals surface area contributed by atoms with E-state index in [1.807, 2.05) is 12.1 Å². The van der Waals surface area contributed by atoms with Crippen LogP contribution >= 0.6 is 0 Å². The fraction of sp³-hybridized carbons (Fsp3) is 0.458. The molecule has 2 aromatic rings. The van der Waals surface area contributed by atoms with E-state index in [4.69, 9.17) is 0 Å². The molecule has 3 heteroatoms. The van der Waals surface area contributed by atoms with Crippen molar-refractivity contribution in [2.45, 2.75) is 51.6 Å². The van der Waals surface area contributed by atoms with Crippen molar-refractivity contribution in [3.8, 4) is 0 Å². The summed E-state index contributed by atoms with van der Waals surface area (Å²) in [6.07, 6.45) is 5.92. The number of carbonyl (C=O) groups is 1. The van der Waals surface area contributed by atoms with Gasteiger partial charge in [0.1, 0.15) is 0 Å². The molecule has 142 valence electrons. The molecule has 2 aromatic carbocycles. The van der Waals surface area contributed by atoms with Crippen LogP contribution in [0.1, 0.15) is 65.7 Å². The summed E-state index contributed by atoms with van der Waals surface area (Å²) in [6.45, 7) is 5.70. The molecule has 2 aliphatic rings. The summed E-state index contributed by atoms with van der Waals surface area (Å²) in [6, 6.07) is 16.8. The SMILES string of the molecule is C[C@H]1CCCN(Cc2ccc(C(=O)N[C@H]3CCCc4ccccc43)cc2)C1. The van der Waals surface area contributed by atoms with Gasteiger partial charge in [-0.25, -0.2) is 0 Å². The van der Waals surface area contributed by atoms with Gasteiger partial charge in [0.2, 0.25) is 0 Å². The maximum absolute atomic E-state index is 12.7. The average molecular weight is 363 g/mol. The van der Waals surface area contributed by atoms with Gasteiger partial charge in [0.25, 0.3) is 5.91 Å². The molecular formula is C24H30N2O. The lowest BCUT2D eigenvalue weighted by atomic mass is 9.87. The number of benzene rings is 2. The quantitative estimate of drug-likeness (QED) is 0.853. The number of fused-ring (bicyclic) bond motifs is 1. The van der Waals surface area contributed by atoms with Crippen molar-refractivity contribution >= 4 is 5.91 Å². The van der Waals surface area contributed by atoms with E-state index in [0.29, 0.717) is 0 Å². The molecule has 1 N–H and O–H groups in total. The maximum Gasteiger partial charge on any atom is 0.251 e. The zero-order valence-corrected chi connectivity index (χ0v) is 16.3. The Morgan fingerprint density at radius 1 is 1.07 bits per heavy atom. The van der Waals surface area contributed by atoms with Gasteiger partial charge in [-0.05, 0) is 73.4 Å². The predicted octanol–water partition coefficient (Wildman–Crippen LogP) is 4.73. The molecule has 3 nitrogen and oxygen atoms in total. The number of rotatable bonds is 4. The Morgan fingerprint density at radius 2 is 1.89 bits per heavy atom. The van der Waals surface area contributed by atoms with Gasteiger partial charge in [0.15, 0.2) is 0 Å². The van der Waals surface area contributed by atoms with Crippen LogP contribution in [0.3, 0.4) is 0 Å². The monoisotopic (exact) mass is 362 g/mol. The van der Waals surface area contributed by atoms with E-state index < -0.39 is 0 Å². The highest BCUT2D eigenvalue weighted by molar-refractivity contribution is 5.94. The second-order valence-electron chi connectivity index (χ2n) is 8.30. The average Bonchev–Trinajstić information content (AvgIpc) is 2.69. The van der Waals surface area contributed by atoms with Crippen LogP contribution in [0.2, 0.25) is 0 Å². The second-order valence-corrected chi connectivity index (χ2v) is 8.30. The molecule has 0 unspecified atom stereocenters. The van der Waals surface area contributed by atoms with Gasteiger partial charge in [-0.1, -0.05) is 43.3 Å². The number of nitrogens with zero attached hydrogens (tertiary/aromatic N) is 1. The third kappa shape index (κ3) is 4.41. The normalized spacial score (nSPS) is 22.9. The number of likely N-dealkylation sites (tertiary alicyclic amines) is 1. The van der Waals surface area contributed by atoms with Crippen molar-refractivity contribution in [2.24, 2.45) is 5.92 Å². The predicted molar refractivity (Wildman–Crippen MR) is 110 cm³/mol. The number of piperidine rings is 1. The third-order valence-electron chi connectivity index (χ3n) is 6.04. The molecule has 1 saturated heterocycles. The minimum Gasteiger partial charge on any atom is -0.345 e. The highest BCUT2D eigenvalue weighted by Gasteiger charge is 2.22. The molecule has 1 amide bonds. The van der Waals surface area contributed by atoms with Crippen molar-refractivity contribution in [3.63, 3.8) is 0 Å². The summed E-state index contributed by atoms with van der Waals surface area (Å²) in [5.41, 5.74) is 4.71. The van der Waals surface area contributed by atoms with Crippen LogP contribution in [0.25, 0.3) is 0 Å². The minimum absolute atomic E-state index is 0.0369. The Bertz CT molecular complexity index is 783. The molecule has 1 aliphatic heterocycles. The van der Waals surface area contributed by atoms with E-state index in [-0.39, 0.29) is 11.9 Å². The van der Waals surface area contributed by atoms with Gasteiger partial charge in [0, 0.05) is 18.7 Å². The Kier molecular flexibility index (Phi) is 5.58. The van der Waals surface area contributed by atoms with Gasteiger partial charge in [-0.3, -0.25) is 9.69 Å². The largest absolute Gasteiger partial charge is 0.345 e. The molecule has 0 aromatic heterocycles. The van der Waals surface area contributed by atoms with Gasteiger partial charge < -0.3 is 5.32 Å². The lowest BCUT2D eigenvalue weighted by Gasteiger charge is -2.30. The topological polar surface area (TPSA) is 32.3 Å². The van der Waals surface area contributed by atoms with Crippen LogP contribution in [0.15, 0.2) is 48.5 Å². The first kappa shape index (κ1) is 18.2. The van der Waals surface area contributed by atoms with E-state index in [9.17, 15) is 4.79 Å². The Labute approximate surface area is 162 Å². The molecule has 0 bridgehead atoms. The number of amides is 1. The summed E-state index contributed by atoms with van der Waals surface area (Å²) in [7, 11) is 0. The zero-order chi connectivity index (χ0) is 18.6. The van der Waals surface area contributed by atoms with Crippen LogP contribution in [0.5, 0.6) is 0 Å². The molecular weight excluding hydrogens is 332 g/mol. The van der Waals surface area contributed by atoms with Gasteiger partial charge in [-0.15, -0.1) is 0 Å². The molecule has 0 spiro atoms. The van der Waals surface area contributed by atoms with Crippen molar-refractivity contribution in [3.05, 3.63) is 70.8 Å². The summed E-state index contributed by atoms with van der Waals surface area (Å²) in [5.74, 6) is 0.831. The number of hydrogen-bond donors (Lipinski definition) is 1. The lowest BCUT2D eigenvalue weighted by molar-refractivity contribution is 0.0932. The fourth-order valence-corrected chi connectivity index (χ4v) is 4.60. The van der Waals surface area contributed by atoms with Crippen LogP contribution in [0, 0.1) is 5.92 Å². The van der Waals surface area contributed by atoms with E-state index in [1.165, 1.54) is 42.6 Å². The number of hydrogen-bond acceptors (Lipinski definition) is 2. The van der Waals surface area contributed by atoms with Gasteiger partial charge in [0.05, 0.1) is 6.04 Å². The van der Waals surface area contributed by atoms with Gasteiger partial charge >= 0.3 is 0 Å². The molecule has 4 rings (SSSR count). The smallest absolute Gasteiger partial charge is 0.251 e. The van der Waals surface area contributed by atoms with Crippen LogP contribution in [-0.4, -0.2) is 23.9 Å². The highest BCUT2D eigenvalue weighted by atomic mass is 16.1. The van der Waals surface area contributed by atoms with Crippen molar-refractivity contribution in [1.29, 1.82) is 0 Å². The minimum atomic E-state index is 0.0369. The first-order chi connectivity index (χ1) is 13.2. The standard InChI is InChI=1S/C24H30N2O/c1-18-6-5-15-26(16-18)17-19-11-13-21(14-12-19)24(27)25-23-10-4-8-20-7-2-3-9-22(20)23/h2-3,7,9,11-14,18,23H,4-6,8,10,15-17H2,1H3,(H,25,27)/t18-,23-/m0/s1. The Hall–Kier alpha value is -2.13. The van der Waals surface area contributed by atoms with Crippen molar-refractivity contribution < 1.29 is 4.79 Å². The van der Waals surface area contributed by atoms with Gasteiger partial charge in [-0.2, -0.15) is 0 Å². The lowest BCUT2D eigenvalue weighted by Crippen LogP contribution is -2.33. The third-order valence-corrected chi connectivity index (χ3v) is 6.04. The first-order valence-electron chi connectivity index (χ1n) is 10.4. The number of nitrogens with one attached hydrogen (secondary N) is 1. The van der Waals surface area contributed by atoms with E-state index in [2.05, 4.69) is 53.5 Å². The Balaban J connectivity index is 1.38. The first-order valence-corrected chi connectivity index (χ1v) is 10.4. The van der Waals surface area contributed by atoms with Crippen LogP contribution in [-0.2, 0) is 13.0 Å². The van der Waals surface area contributed by atoms with E-state index in [0.717, 1.165) is 37.3 Å². The maximum atomic E-state index is 12.7. The van der Waals surface area contributed by atoms with E-state index >= 15 is 0 Å². The number of aryl methyl sites for hydroxylation is 1. The van der Waals surface area contributed by atoms with E-state index in [1.54, 1.807) is 0 Å². The Morgan fingerprint density at radius 3 is 2.70 bits per heavy atom. The van der Waals surface area contributed by atoms with Crippen molar-refractivity contribution in [1.82, 2.24) is 10.2 Å². The molecule has 2 atom stereocenters. The molecule has 27 heavy (non-hydrogen) atoms. The van der Waals surface area contributed by atoms with Crippen LogP contribution in [0.4, 0.5) is 0 Å². The fourth-order valence-electron chi connectivity index (χ4n) is 4.60. The summed E-state index contributed by atoms with van der Waals surface area (Å²) in [5, 5.41) is 3.25. The highest BCUT2D eigenvalue weighted by Crippen LogP contribution is 2.29. The summed E-state index contributed by atoms with van der Waals surface area (Å²) in [4.78, 5) is 15.3. The molecule has 1 fully saturated rings.